The molecular formula is C17H24BrClN2O. The Morgan fingerprint density at radius 2 is 2.05 bits per heavy atom. The number of carbonyl (C=O) groups is 1. The lowest BCUT2D eigenvalue weighted by Gasteiger charge is -2.43. The van der Waals surface area contributed by atoms with E-state index >= 15 is 0 Å². The van der Waals surface area contributed by atoms with E-state index < -0.39 is 0 Å². The third kappa shape index (κ3) is 4.03. The van der Waals surface area contributed by atoms with E-state index in [2.05, 4.69) is 50.8 Å². The van der Waals surface area contributed by atoms with Crippen LogP contribution in [0.3, 0.4) is 0 Å². The van der Waals surface area contributed by atoms with Crippen molar-refractivity contribution in [3.8, 4) is 0 Å². The number of carbonyl (C=O) groups excluding carboxylic acids is 1. The monoisotopic (exact) mass is 386 g/mol. The van der Waals surface area contributed by atoms with Gasteiger partial charge in [0, 0.05) is 10.9 Å². The van der Waals surface area contributed by atoms with E-state index in [9.17, 15) is 4.79 Å². The maximum Gasteiger partial charge on any atom is 0.220 e. The van der Waals surface area contributed by atoms with E-state index in [4.69, 9.17) is 0 Å². The Bertz CT molecular complexity index is 496. The number of rotatable bonds is 5. The second-order valence-electron chi connectivity index (χ2n) is 6.39. The standard InChI is InChI=1S/C17H23BrN2O.ClH/c18-15-5-3-14(4-6-15)17(9-1-10-17)20-16(21)7-2-13-8-11-19-12-13;/h3-6,13,19H,1-2,7-12H2,(H,20,21);1H. The Balaban J connectivity index is 0.00000176. The molecule has 22 heavy (non-hydrogen) atoms. The Morgan fingerprint density at radius 3 is 2.59 bits per heavy atom. The molecule has 1 unspecified atom stereocenters. The van der Waals surface area contributed by atoms with E-state index in [0.717, 1.165) is 36.8 Å². The summed E-state index contributed by atoms with van der Waals surface area (Å²) in [6.07, 6.45) is 6.20. The van der Waals surface area contributed by atoms with Crippen molar-refractivity contribution in [2.24, 2.45) is 5.92 Å². The molecule has 0 spiro atoms. The predicted octanol–water partition coefficient (Wildman–Crippen LogP) is 3.76. The van der Waals surface area contributed by atoms with E-state index in [1.807, 2.05) is 0 Å². The molecule has 1 aromatic carbocycles. The van der Waals surface area contributed by atoms with Gasteiger partial charge in [-0.25, -0.2) is 0 Å². The highest BCUT2D eigenvalue weighted by molar-refractivity contribution is 9.10. The average molecular weight is 388 g/mol. The zero-order chi connectivity index (χ0) is 14.7. The maximum absolute atomic E-state index is 12.3. The highest BCUT2D eigenvalue weighted by Crippen LogP contribution is 2.41. The van der Waals surface area contributed by atoms with Gasteiger partial charge in [-0.1, -0.05) is 28.1 Å². The molecule has 0 aromatic heterocycles. The molecule has 1 heterocycles. The van der Waals surface area contributed by atoms with Crippen LogP contribution in [0.15, 0.2) is 28.7 Å². The van der Waals surface area contributed by atoms with Crippen molar-refractivity contribution in [2.45, 2.75) is 44.1 Å². The van der Waals surface area contributed by atoms with Gasteiger partial charge in [-0.15, -0.1) is 12.4 Å². The second-order valence-corrected chi connectivity index (χ2v) is 7.30. The molecule has 1 amide bonds. The van der Waals surface area contributed by atoms with Crippen molar-refractivity contribution < 1.29 is 4.79 Å². The lowest BCUT2D eigenvalue weighted by Crippen LogP contribution is -2.50. The second kappa shape index (κ2) is 7.80. The molecule has 3 nitrogen and oxygen atoms in total. The SMILES string of the molecule is Cl.O=C(CCC1CCNC1)NC1(c2ccc(Br)cc2)CCC1. The number of hydrogen-bond donors (Lipinski definition) is 2. The van der Waals surface area contributed by atoms with Crippen molar-refractivity contribution in [1.82, 2.24) is 10.6 Å². The number of halogens is 2. The molecule has 1 saturated heterocycles. The van der Waals surface area contributed by atoms with Gasteiger partial charge in [0.2, 0.25) is 5.91 Å². The fourth-order valence-corrected chi connectivity index (χ4v) is 3.67. The van der Waals surface area contributed by atoms with Crippen molar-refractivity contribution in [3.63, 3.8) is 0 Å². The minimum Gasteiger partial charge on any atom is -0.347 e. The Morgan fingerprint density at radius 1 is 1.32 bits per heavy atom. The van der Waals surface area contributed by atoms with Gasteiger partial charge in [0.25, 0.3) is 0 Å². The van der Waals surface area contributed by atoms with Crippen molar-refractivity contribution in [3.05, 3.63) is 34.3 Å². The molecule has 1 aliphatic carbocycles. The number of benzene rings is 1. The smallest absolute Gasteiger partial charge is 0.220 e. The molecular weight excluding hydrogens is 364 g/mol. The maximum atomic E-state index is 12.3. The van der Waals surface area contributed by atoms with Crippen LogP contribution in [0.25, 0.3) is 0 Å². The predicted molar refractivity (Wildman–Crippen MR) is 95.3 cm³/mol. The average Bonchev–Trinajstić information content (AvgIpc) is 2.95. The van der Waals surface area contributed by atoms with Crippen LogP contribution in [0.5, 0.6) is 0 Å². The van der Waals surface area contributed by atoms with Crippen LogP contribution in [0.1, 0.15) is 44.1 Å². The first-order chi connectivity index (χ1) is 10.2. The van der Waals surface area contributed by atoms with Gasteiger partial charge in [0.15, 0.2) is 0 Å². The van der Waals surface area contributed by atoms with Crippen LogP contribution in [0.2, 0.25) is 0 Å². The summed E-state index contributed by atoms with van der Waals surface area (Å²) in [5.41, 5.74) is 1.14. The Kier molecular flexibility index (Phi) is 6.30. The molecule has 2 N–H and O–H groups in total. The Hall–Kier alpha value is -0.580. The lowest BCUT2D eigenvalue weighted by atomic mass is 9.71. The van der Waals surface area contributed by atoms with Crippen LogP contribution >= 0.6 is 28.3 Å². The van der Waals surface area contributed by atoms with E-state index in [1.165, 1.54) is 18.4 Å². The molecule has 2 fully saturated rings. The quantitative estimate of drug-likeness (QED) is 0.808. The summed E-state index contributed by atoms with van der Waals surface area (Å²) in [6.45, 7) is 2.18. The fraction of sp³-hybridized carbons (Fsp3) is 0.588. The molecule has 122 valence electrons. The zero-order valence-corrected chi connectivity index (χ0v) is 15.1. The van der Waals surface area contributed by atoms with E-state index in [1.54, 1.807) is 0 Å². The highest BCUT2D eigenvalue weighted by atomic mass is 79.9. The summed E-state index contributed by atoms with van der Waals surface area (Å²) >= 11 is 3.47. The van der Waals surface area contributed by atoms with Crippen molar-refractivity contribution >= 4 is 34.2 Å². The summed E-state index contributed by atoms with van der Waals surface area (Å²) in [5.74, 6) is 0.894. The molecule has 1 aromatic rings. The summed E-state index contributed by atoms with van der Waals surface area (Å²) in [6, 6.07) is 8.38. The minimum atomic E-state index is -0.105. The van der Waals surface area contributed by atoms with Gasteiger partial charge >= 0.3 is 0 Å². The number of amides is 1. The zero-order valence-electron chi connectivity index (χ0n) is 12.7. The fourth-order valence-electron chi connectivity index (χ4n) is 3.41. The molecule has 1 saturated carbocycles. The third-order valence-corrected chi connectivity index (χ3v) is 5.45. The summed E-state index contributed by atoms with van der Waals surface area (Å²) in [4.78, 5) is 12.3. The highest BCUT2D eigenvalue weighted by Gasteiger charge is 2.39. The lowest BCUT2D eigenvalue weighted by molar-refractivity contribution is -0.124. The molecule has 2 aliphatic rings. The molecule has 3 rings (SSSR count). The van der Waals surface area contributed by atoms with Crippen LogP contribution < -0.4 is 10.6 Å². The van der Waals surface area contributed by atoms with Crippen LogP contribution in [0, 0.1) is 5.92 Å². The number of nitrogens with one attached hydrogen (secondary N) is 2. The van der Waals surface area contributed by atoms with Crippen molar-refractivity contribution in [2.75, 3.05) is 13.1 Å². The molecule has 0 radical (unpaired) electrons. The largest absolute Gasteiger partial charge is 0.347 e. The summed E-state index contributed by atoms with van der Waals surface area (Å²) in [7, 11) is 0. The third-order valence-electron chi connectivity index (χ3n) is 4.92. The van der Waals surface area contributed by atoms with Gasteiger partial charge in [0.05, 0.1) is 5.54 Å². The first-order valence-electron chi connectivity index (χ1n) is 7.96. The topological polar surface area (TPSA) is 41.1 Å². The van der Waals surface area contributed by atoms with Crippen LogP contribution in [0.4, 0.5) is 0 Å². The van der Waals surface area contributed by atoms with Gasteiger partial charge in [-0.3, -0.25) is 4.79 Å². The molecule has 0 bridgehead atoms. The number of hydrogen-bond acceptors (Lipinski definition) is 2. The van der Waals surface area contributed by atoms with Crippen molar-refractivity contribution in [1.29, 1.82) is 0 Å². The van der Waals surface area contributed by atoms with Gasteiger partial charge in [-0.05, 0) is 68.8 Å². The first kappa shape index (κ1) is 17.8. The van der Waals surface area contributed by atoms with E-state index in [0.29, 0.717) is 12.3 Å². The molecule has 1 atom stereocenters. The van der Waals surface area contributed by atoms with Crippen LogP contribution in [-0.2, 0) is 10.3 Å². The summed E-state index contributed by atoms with van der Waals surface area (Å²) < 4.78 is 1.08. The normalized spacial score (nSPS) is 22.5. The molecule has 5 heteroatoms. The minimum absolute atomic E-state index is 0. The van der Waals surface area contributed by atoms with Gasteiger partial charge in [-0.2, -0.15) is 0 Å². The Labute approximate surface area is 147 Å². The van der Waals surface area contributed by atoms with Gasteiger partial charge < -0.3 is 10.6 Å². The van der Waals surface area contributed by atoms with Crippen LogP contribution in [-0.4, -0.2) is 19.0 Å². The molecule has 1 aliphatic heterocycles. The van der Waals surface area contributed by atoms with E-state index in [-0.39, 0.29) is 23.9 Å². The first-order valence-corrected chi connectivity index (χ1v) is 8.75. The van der Waals surface area contributed by atoms with Gasteiger partial charge in [0.1, 0.15) is 0 Å². The summed E-state index contributed by atoms with van der Waals surface area (Å²) in [5, 5.41) is 6.68.